The Morgan fingerprint density at radius 3 is 2.63 bits per heavy atom. The zero-order chi connectivity index (χ0) is 21.2. The molecular weight excluding hydrogens is 380 g/mol. The van der Waals surface area contributed by atoms with E-state index in [1.54, 1.807) is 27.5 Å². The highest BCUT2D eigenvalue weighted by molar-refractivity contribution is 5.79. The Bertz CT molecular complexity index is 786. The molecule has 1 aromatic carbocycles. The van der Waals surface area contributed by atoms with Crippen molar-refractivity contribution in [1.82, 2.24) is 15.5 Å². The first-order chi connectivity index (χ1) is 14.7. The van der Waals surface area contributed by atoms with Crippen molar-refractivity contribution in [2.75, 3.05) is 47.4 Å². The number of ether oxygens (including phenoxy) is 2. The van der Waals surface area contributed by atoms with Gasteiger partial charge in [0.25, 0.3) is 0 Å². The summed E-state index contributed by atoms with van der Waals surface area (Å²) in [6.07, 6.45) is 6.35. The number of furan rings is 1. The van der Waals surface area contributed by atoms with Gasteiger partial charge in [-0.3, -0.25) is 9.89 Å². The molecule has 1 aliphatic rings. The predicted molar refractivity (Wildman–Crippen MR) is 119 cm³/mol. The maximum absolute atomic E-state index is 5.73. The number of hydrogen-bond donors (Lipinski definition) is 2. The average molecular weight is 415 g/mol. The summed E-state index contributed by atoms with van der Waals surface area (Å²) in [7, 11) is 5.16. The zero-order valence-electron chi connectivity index (χ0n) is 18.3. The van der Waals surface area contributed by atoms with Gasteiger partial charge in [-0.2, -0.15) is 0 Å². The largest absolute Gasteiger partial charge is 0.497 e. The predicted octanol–water partition coefficient (Wildman–Crippen LogP) is 3.23. The lowest BCUT2D eigenvalue weighted by atomic mass is 10.1. The summed E-state index contributed by atoms with van der Waals surface area (Å²) in [6, 6.07) is 10.1. The van der Waals surface area contributed by atoms with E-state index < -0.39 is 0 Å². The average Bonchev–Trinajstić information content (AvgIpc) is 3.33. The molecule has 0 bridgehead atoms. The Morgan fingerprint density at radius 1 is 1.13 bits per heavy atom. The molecule has 0 aliphatic carbocycles. The van der Waals surface area contributed by atoms with Crippen molar-refractivity contribution in [2.24, 2.45) is 4.99 Å². The number of aliphatic imine (C=N–C) groups is 1. The van der Waals surface area contributed by atoms with Crippen LogP contribution in [0.5, 0.6) is 11.5 Å². The molecule has 1 aliphatic heterocycles. The first kappa shape index (κ1) is 22.0. The van der Waals surface area contributed by atoms with E-state index in [1.165, 1.54) is 19.3 Å². The van der Waals surface area contributed by atoms with E-state index >= 15 is 0 Å². The Kier molecular flexibility index (Phi) is 8.44. The number of methoxy groups -OCH3 is 2. The number of piperidine rings is 1. The highest BCUT2D eigenvalue weighted by atomic mass is 16.5. The van der Waals surface area contributed by atoms with Crippen LogP contribution in [-0.4, -0.2) is 58.3 Å². The van der Waals surface area contributed by atoms with Crippen LogP contribution >= 0.6 is 0 Å². The second-order valence-electron chi connectivity index (χ2n) is 7.44. The van der Waals surface area contributed by atoms with Crippen LogP contribution in [0.25, 0.3) is 0 Å². The van der Waals surface area contributed by atoms with Gasteiger partial charge < -0.3 is 24.5 Å². The van der Waals surface area contributed by atoms with Gasteiger partial charge >= 0.3 is 0 Å². The van der Waals surface area contributed by atoms with Gasteiger partial charge in [0, 0.05) is 20.1 Å². The molecule has 2 heterocycles. The van der Waals surface area contributed by atoms with Crippen molar-refractivity contribution < 1.29 is 13.9 Å². The molecule has 7 heteroatoms. The third kappa shape index (κ3) is 5.92. The van der Waals surface area contributed by atoms with Crippen molar-refractivity contribution >= 4 is 5.96 Å². The molecule has 1 aromatic heterocycles. The Hall–Kier alpha value is -2.67. The fraction of sp³-hybridized carbons (Fsp3) is 0.522. The number of nitrogens with zero attached hydrogens (tertiary/aromatic N) is 2. The molecule has 3 rings (SSSR count). The molecular formula is C23H34N4O3. The molecule has 0 spiro atoms. The van der Waals surface area contributed by atoms with Gasteiger partial charge in [-0.25, -0.2) is 0 Å². The molecule has 1 atom stereocenters. The number of rotatable bonds is 9. The first-order valence-electron chi connectivity index (χ1n) is 10.7. The number of likely N-dealkylation sites (tertiary alicyclic amines) is 1. The summed E-state index contributed by atoms with van der Waals surface area (Å²) in [4.78, 5) is 6.89. The van der Waals surface area contributed by atoms with Crippen LogP contribution in [0.1, 0.15) is 36.6 Å². The fourth-order valence-electron chi connectivity index (χ4n) is 3.93. The third-order valence-corrected chi connectivity index (χ3v) is 5.56. The maximum atomic E-state index is 5.73. The molecule has 1 saturated heterocycles. The molecule has 0 radical (unpaired) electrons. The van der Waals surface area contributed by atoms with Crippen LogP contribution in [-0.2, 0) is 6.42 Å². The smallest absolute Gasteiger partial charge is 0.191 e. The lowest BCUT2D eigenvalue weighted by Gasteiger charge is -2.33. The lowest BCUT2D eigenvalue weighted by Crippen LogP contribution is -2.44. The second-order valence-corrected chi connectivity index (χ2v) is 7.44. The second kappa shape index (κ2) is 11.5. The van der Waals surface area contributed by atoms with Crippen LogP contribution < -0.4 is 20.1 Å². The zero-order valence-corrected chi connectivity index (χ0v) is 18.3. The quantitative estimate of drug-likeness (QED) is 0.485. The fourth-order valence-corrected chi connectivity index (χ4v) is 3.93. The van der Waals surface area contributed by atoms with E-state index in [1.807, 2.05) is 24.3 Å². The third-order valence-electron chi connectivity index (χ3n) is 5.56. The van der Waals surface area contributed by atoms with Crippen molar-refractivity contribution in [2.45, 2.75) is 31.7 Å². The monoisotopic (exact) mass is 414 g/mol. The van der Waals surface area contributed by atoms with E-state index in [2.05, 4.69) is 26.6 Å². The van der Waals surface area contributed by atoms with E-state index in [0.717, 1.165) is 61.4 Å². The summed E-state index contributed by atoms with van der Waals surface area (Å²) < 4.78 is 16.5. The number of nitrogens with one attached hydrogen (secondary N) is 2. The van der Waals surface area contributed by atoms with Gasteiger partial charge in [0.1, 0.15) is 17.3 Å². The minimum absolute atomic E-state index is 0.206. The Balaban J connectivity index is 1.55. The summed E-state index contributed by atoms with van der Waals surface area (Å²) in [5, 5.41) is 6.88. The summed E-state index contributed by atoms with van der Waals surface area (Å²) in [5.74, 6) is 3.48. The normalized spacial score (nSPS) is 16.2. The molecule has 0 amide bonds. The lowest BCUT2D eigenvalue weighted by molar-refractivity contribution is 0.146. The molecule has 164 valence electrons. The molecule has 0 saturated carbocycles. The highest BCUT2D eigenvalue weighted by Crippen LogP contribution is 2.25. The van der Waals surface area contributed by atoms with Gasteiger partial charge in [0.05, 0.1) is 26.5 Å². The van der Waals surface area contributed by atoms with Crippen molar-refractivity contribution in [3.8, 4) is 11.5 Å². The highest BCUT2D eigenvalue weighted by Gasteiger charge is 2.24. The van der Waals surface area contributed by atoms with Gasteiger partial charge in [0.2, 0.25) is 0 Å². The topological polar surface area (TPSA) is 71.3 Å². The number of hydrogen-bond acceptors (Lipinski definition) is 5. The van der Waals surface area contributed by atoms with Gasteiger partial charge in [-0.15, -0.1) is 0 Å². The van der Waals surface area contributed by atoms with E-state index in [0.29, 0.717) is 0 Å². The van der Waals surface area contributed by atoms with E-state index in [9.17, 15) is 0 Å². The van der Waals surface area contributed by atoms with Crippen LogP contribution in [0.4, 0.5) is 0 Å². The molecule has 30 heavy (non-hydrogen) atoms. The standard InChI is InChI=1S/C23H34N4O3/c1-24-23(25-12-11-18-16-19(28-2)9-10-21(18)29-3)26-17-20(22-8-7-15-30-22)27-13-5-4-6-14-27/h7-10,15-16,20H,4-6,11-14,17H2,1-3H3,(H2,24,25,26). The molecule has 1 fully saturated rings. The van der Waals surface area contributed by atoms with Crippen LogP contribution in [0, 0.1) is 0 Å². The van der Waals surface area contributed by atoms with Crippen LogP contribution in [0.3, 0.4) is 0 Å². The number of guanidine groups is 1. The summed E-state index contributed by atoms with van der Waals surface area (Å²) >= 11 is 0. The maximum Gasteiger partial charge on any atom is 0.191 e. The van der Waals surface area contributed by atoms with E-state index in [-0.39, 0.29) is 6.04 Å². The van der Waals surface area contributed by atoms with Crippen molar-refractivity contribution in [3.63, 3.8) is 0 Å². The van der Waals surface area contributed by atoms with Gasteiger partial charge in [-0.1, -0.05) is 6.42 Å². The Morgan fingerprint density at radius 2 is 1.97 bits per heavy atom. The van der Waals surface area contributed by atoms with E-state index in [4.69, 9.17) is 13.9 Å². The minimum Gasteiger partial charge on any atom is -0.497 e. The molecule has 2 aromatic rings. The van der Waals surface area contributed by atoms with Gasteiger partial charge in [0.15, 0.2) is 5.96 Å². The van der Waals surface area contributed by atoms with Crippen LogP contribution in [0.15, 0.2) is 46.0 Å². The first-order valence-corrected chi connectivity index (χ1v) is 10.7. The van der Waals surface area contributed by atoms with Gasteiger partial charge in [-0.05, 0) is 68.2 Å². The molecule has 2 N–H and O–H groups in total. The SMILES string of the molecule is CN=C(NCCc1cc(OC)ccc1OC)NCC(c1ccco1)N1CCCCC1. The Labute approximate surface area is 179 Å². The minimum atomic E-state index is 0.206. The summed E-state index contributed by atoms with van der Waals surface area (Å²) in [5.41, 5.74) is 1.10. The van der Waals surface area contributed by atoms with Crippen molar-refractivity contribution in [1.29, 1.82) is 0 Å². The number of benzene rings is 1. The molecule has 1 unspecified atom stereocenters. The summed E-state index contributed by atoms with van der Waals surface area (Å²) in [6.45, 7) is 3.69. The van der Waals surface area contributed by atoms with Crippen LogP contribution in [0.2, 0.25) is 0 Å². The molecule has 7 nitrogen and oxygen atoms in total. The van der Waals surface area contributed by atoms with Crippen molar-refractivity contribution in [3.05, 3.63) is 47.9 Å².